The third kappa shape index (κ3) is 3.64. The lowest BCUT2D eigenvalue weighted by atomic mass is 9.87. The molecule has 0 unspecified atom stereocenters. The molecule has 0 aromatic rings. The monoisotopic (exact) mass is 200 g/mol. The summed E-state index contributed by atoms with van der Waals surface area (Å²) in [6.45, 7) is 1.50. The van der Waals surface area contributed by atoms with E-state index in [1.165, 1.54) is 0 Å². The van der Waals surface area contributed by atoms with Gasteiger partial charge in [-0.1, -0.05) is 0 Å². The van der Waals surface area contributed by atoms with Crippen LogP contribution in [0.2, 0.25) is 0 Å². The molecule has 3 N–H and O–H groups in total. The molecule has 1 fully saturated rings. The van der Waals surface area contributed by atoms with Crippen molar-refractivity contribution in [2.45, 2.75) is 31.8 Å². The Morgan fingerprint density at radius 1 is 1.29 bits per heavy atom. The molecular weight excluding hydrogens is 180 g/mol. The fraction of sp³-hybridized carbons (Fsp3) is 0.900. The SMILES string of the molecule is CNCCNC(=O)[C@H]1CC[C@H](O)CC1. The Morgan fingerprint density at radius 3 is 2.50 bits per heavy atom. The number of hydrogen-bond acceptors (Lipinski definition) is 3. The lowest BCUT2D eigenvalue weighted by Crippen LogP contribution is -2.37. The zero-order valence-corrected chi connectivity index (χ0v) is 8.75. The number of aliphatic hydroxyl groups is 1. The van der Waals surface area contributed by atoms with Gasteiger partial charge in [0.25, 0.3) is 0 Å². The Balaban J connectivity index is 2.17. The van der Waals surface area contributed by atoms with E-state index < -0.39 is 0 Å². The third-order valence-corrected chi connectivity index (χ3v) is 2.74. The van der Waals surface area contributed by atoms with E-state index in [2.05, 4.69) is 10.6 Å². The molecule has 0 aromatic carbocycles. The second-order valence-electron chi connectivity index (χ2n) is 3.90. The van der Waals surface area contributed by atoms with Gasteiger partial charge in [-0.15, -0.1) is 0 Å². The van der Waals surface area contributed by atoms with Crippen LogP contribution in [0.3, 0.4) is 0 Å². The van der Waals surface area contributed by atoms with Gasteiger partial charge in [-0.2, -0.15) is 0 Å². The topological polar surface area (TPSA) is 61.4 Å². The predicted molar refractivity (Wildman–Crippen MR) is 54.9 cm³/mol. The first-order valence-corrected chi connectivity index (χ1v) is 5.34. The Labute approximate surface area is 85.1 Å². The van der Waals surface area contributed by atoms with Crippen LogP contribution in [0.5, 0.6) is 0 Å². The Kier molecular flexibility index (Phi) is 4.90. The zero-order valence-electron chi connectivity index (χ0n) is 8.75. The van der Waals surface area contributed by atoms with Gasteiger partial charge >= 0.3 is 0 Å². The Bertz CT molecular complexity index is 177. The summed E-state index contributed by atoms with van der Waals surface area (Å²) in [5, 5.41) is 15.1. The highest BCUT2D eigenvalue weighted by Gasteiger charge is 2.24. The van der Waals surface area contributed by atoms with E-state index >= 15 is 0 Å². The normalized spacial score (nSPS) is 27.3. The standard InChI is InChI=1S/C10H20N2O2/c1-11-6-7-12-10(14)8-2-4-9(13)5-3-8/h8-9,11,13H,2-7H2,1H3,(H,12,14)/t8-,9-. The first kappa shape index (κ1) is 11.5. The van der Waals surface area contributed by atoms with Gasteiger partial charge in [-0.05, 0) is 32.7 Å². The summed E-state index contributed by atoms with van der Waals surface area (Å²) in [5.74, 6) is 0.266. The number of carbonyl (C=O) groups excluding carboxylic acids is 1. The molecule has 0 saturated heterocycles. The van der Waals surface area contributed by atoms with Crippen LogP contribution in [-0.4, -0.2) is 37.3 Å². The molecule has 4 heteroatoms. The number of carbonyl (C=O) groups is 1. The van der Waals surface area contributed by atoms with Crippen molar-refractivity contribution in [1.29, 1.82) is 0 Å². The summed E-state index contributed by atoms with van der Waals surface area (Å²) in [4.78, 5) is 11.6. The molecule has 0 atom stereocenters. The lowest BCUT2D eigenvalue weighted by Gasteiger charge is -2.24. The predicted octanol–water partition coefficient (Wildman–Crippen LogP) is -0.127. The van der Waals surface area contributed by atoms with E-state index in [0.29, 0.717) is 6.54 Å². The van der Waals surface area contributed by atoms with Gasteiger partial charge in [0, 0.05) is 19.0 Å². The number of amides is 1. The maximum absolute atomic E-state index is 11.6. The van der Waals surface area contributed by atoms with Crippen molar-refractivity contribution in [3.05, 3.63) is 0 Å². The van der Waals surface area contributed by atoms with Crippen LogP contribution in [0.1, 0.15) is 25.7 Å². The molecule has 1 aliphatic carbocycles. The Hall–Kier alpha value is -0.610. The number of rotatable bonds is 4. The summed E-state index contributed by atoms with van der Waals surface area (Å²) >= 11 is 0. The molecule has 4 nitrogen and oxygen atoms in total. The van der Waals surface area contributed by atoms with Crippen molar-refractivity contribution in [3.8, 4) is 0 Å². The first-order valence-electron chi connectivity index (χ1n) is 5.34. The van der Waals surface area contributed by atoms with E-state index in [4.69, 9.17) is 0 Å². The highest BCUT2D eigenvalue weighted by molar-refractivity contribution is 5.78. The summed E-state index contributed by atoms with van der Waals surface area (Å²) in [6.07, 6.45) is 3.00. The molecule has 82 valence electrons. The van der Waals surface area contributed by atoms with Crippen LogP contribution >= 0.6 is 0 Å². The molecule has 1 rings (SSSR count). The van der Waals surface area contributed by atoms with Crippen molar-refractivity contribution in [3.63, 3.8) is 0 Å². The molecule has 0 aromatic heterocycles. The molecule has 0 aliphatic heterocycles. The molecule has 1 saturated carbocycles. The van der Waals surface area contributed by atoms with Crippen LogP contribution in [0.4, 0.5) is 0 Å². The highest BCUT2D eigenvalue weighted by atomic mass is 16.3. The number of nitrogens with one attached hydrogen (secondary N) is 2. The minimum absolute atomic E-state index is 0.121. The Morgan fingerprint density at radius 2 is 1.93 bits per heavy atom. The number of hydrogen-bond donors (Lipinski definition) is 3. The number of aliphatic hydroxyl groups excluding tert-OH is 1. The highest BCUT2D eigenvalue weighted by Crippen LogP contribution is 2.23. The summed E-state index contributed by atoms with van der Waals surface area (Å²) in [6, 6.07) is 0. The van der Waals surface area contributed by atoms with E-state index in [1.807, 2.05) is 7.05 Å². The molecule has 14 heavy (non-hydrogen) atoms. The quantitative estimate of drug-likeness (QED) is 0.554. The van der Waals surface area contributed by atoms with Crippen molar-refractivity contribution in [2.75, 3.05) is 20.1 Å². The molecule has 0 radical (unpaired) electrons. The minimum Gasteiger partial charge on any atom is -0.393 e. The summed E-state index contributed by atoms with van der Waals surface area (Å²) < 4.78 is 0. The van der Waals surface area contributed by atoms with E-state index in [-0.39, 0.29) is 17.9 Å². The van der Waals surface area contributed by atoms with Crippen LogP contribution < -0.4 is 10.6 Å². The summed E-state index contributed by atoms with van der Waals surface area (Å²) in [7, 11) is 1.86. The van der Waals surface area contributed by atoms with Crippen molar-refractivity contribution in [1.82, 2.24) is 10.6 Å². The van der Waals surface area contributed by atoms with Crippen LogP contribution in [0.15, 0.2) is 0 Å². The fourth-order valence-corrected chi connectivity index (χ4v) is 1.79. The van der Waals surface area contributed by atoms with Crippen molar-refractivity contribution < 1.29 is 9.90 Å². The van der Waals surface area contributed by atoms with Crippen LogP contribution in [-0.2, 0) is 4.79 Å². The first-order chi connectivity index (χ1) is 6.74. The van der Waals surface area contributed by atoms with Gasteiger partial charge in [0.1, 0.15) is 0 Å². The molecule has 1 aliphatic rings. The van der Waals surface area contributed by atoms with Crippen molar-refractivity contribution >= 4 is 5.91 Å². The van der Waals surface area contributed by atoms with Gasteiger partial charge in [0.15, 0.2) is 0 Å². The minimum atomic E-state index is -0.184. The molecule has 0 spiro atoms. The maximum Gasteiger partial charge on any atom is 0.223 e. The molecule has 1 amide bonds. The maximum atomic E-state index is 11.6. The molecule has 0 bridgehead atoms. The van der Waals surface area contributed by atoms with E-state index in [1.54, 1.807) is 0 Å². The zero-order chi connectivity index (χ0) is 10.4. The van der Waals surface area contributed by atoms with Gasteiger partial charge < -0.3 is 15.7 Å². The van der Waals surface area contributed by atoms with E-state index in [0.717, 1.165) is 32.2 Å². The van der Waals surface area contributed by atoms with Crippen LogP contribution in [0, 0.1) is 5.92 Å². The molecule has 0 heterocycles. The summed E-state index contributed by atoms with van der Waals surface area (Å²) in [5.41, 5.74) is 0. The smallest absolute Gasteiger partial charge is 0.223 e. The van der Waals surface area contributed by atoms with Gasteiger partial charge in [0.05, 0.1) is 6.10 Å². The average molecular weight is 200 g/mol. The lowest BCUT2D eigenvalue weighted by molar-refractivity contribution is -0.126. The molecular formula is C10H20N2O2. The largest absolute Gasteiger partial charge is 0.393 e. The van der Waals surface area contributed by atoms with Crippen LogP contribution in [0.25, 0.3) is 0 Å². The van der Waals surface area contributed by atoms with Gasteiger partial charge in [-0.25, -0.2) is 0 Å². The number of likely N-dealkylation sites (N-methyl/N-ethyl adjacent to an activating group) is 1. The fourth-order valence-electron chi connectivity index (χ4n) is 1.79. The third-order valence-electron chi connectivity index (χ3n) is 2.74. The van der Waals surface area contributed by atoms with Gasteiger partial charge in [0.2, 0.25) is 5.91 Å². The van der Waals surface area contributed by atoms with Gasteiger partial charge in [-0.3, -0.25) is 4.79 Å². The average Bonchev–Trinajstić information content (AvgIpc) is 2.19. The second-order valence-corrected chi connectivity index (χ2v) is 3.90. The van der Waals surface area contributed by atoms with E-state index in [9.17, 15) is 9.90 Å². The second kappa shape index (κ2) is 5.98. The van der Waals surface area contributed by atoms with Crippen molar-refractivity contribution in [2.24, 2.45) is 5.92 Å².